The zero-order valence-electron chi connectivity index (χ0n) is 10.7. The van der Waals surface area contributed by atoms with E-state index in [0.717, 1.165) is 5.76 Å². The Morgan fingerprint density at radius 3 is 2.95 bits per heavy atom. The van der Waals surface area contributed by atoms with Gasteiger partial charge in [-0.25, -0.2) is 4.98 Å². The second kappa shape index (κ2) is 6.74. The molecule has 2 N–H and O–H groups in total. The Labute approximate surface area is 126 Å². The zero-order chi connectivity index (χ0) is 14.5. The van der Waals surface area contributed by atoms with Crippen LogP contribution in [0.25, 0.3) is 0 Å². The lowest BCUT2D eigenvalue weighted by molar-refractivity contribution is -0.115. The average molecular weight is 314 g/mol. The van der Waals surface area contributed by atoms with Gasteiger partial charge in [0.1, 0.15) is 5.76 Å². The van der Waals surface area contributed by atoms with Crippen LogP contribution in [0.2, 0.25) is 10.0 Å². The molecule has 0 radical (unpaired) electrons. The molecule has 2 aromatic rings. The first-order chi connectivity index (χ1) is 9.56. The minimum Gasteiger partial charge on any atom is -0.468 e. The van der Waals surface area contributed by atoms with Crippen LogP contribution in [-0.2, 0) is 4.79 Å². The fourth-order valence-corrected chi connectivity index (χ4v) is 1.99. The van der Waals surface area contributed by atoms with Crippen LogP contribution in [0.5, 0.6) is 0 Å². The summed E-state index contributed by atoms with van der Waals surface area (Å²) in [7, 11) is 0. The lowest BCUT2D eigenvalue weighted by Crippen LogP contribution is -2.30. The van der Waals surface area contributed by atoms with E-state index >= 15 is 0 Å². The van der Waals surface area contributed by atoms with E-state index in [1.165, 1.54) is 12.3 Å². The van der Waals surface area contributed by atoms with Crippen LogP contribution in [0.4, 0.5) is 5.82 Å². The summed E-state index contributed by atoms with van der Waals surface area (Å²) in [5.74, 6) is 0.800. The number of pyridine rings is 1. The van der Waals surface area contributed by atoms with Gasteiger partial charge in [-0.05, 0) is 25.1 Å². The topological polar surface area (TPSA) is 67.2 Å². The quantitative estimate of drug-likeness (QED) is 0.889. The molecule has 20 heavy (non-hydrogen) atoms. The molecule has 0 saturated carbocycles. The number of carbonyl (C=O) groups is 1. The molecule has 1 amide bonds. The highest BCUT2D eigenvalue weighted by Crippen LogP contribution is 2.22. The summed E-state index contributed by atoms with van der Waals surface area (Å²) < 4.78 is 5.24. The number of hydrogen-bond acceptors (Lipinski definition) is 4. The van der Waals surface area contributed by atoms with Crippen LogP contribution in [0.15, 0.2) is 35.1 Å². The number of hydrogen-bond donors (Lipinski definition) is 2. The highest BCUT2D eigenvalue weighted by molar-refractivity contribution is 6.36. The van der Waals surface area contributed by atoms with Gasteiger partial charge in [-0.3, -0.25) is 10.1 Å². The Morgan fingerprint density at radius 1 is 1.50 bits per heavy atom. The molecular formula is C13H13Cl2N3O2. The number of furan rings is 1. The molecule has 0 spiro atoms. The third-order valence-electron chi connectivity index (χ3n) is 2.60. The first kappa shape index (κ1) is 14.8. The van der Waals surface area contributed by atoms with E-state index in [1.54, 1.807) is 12.3 Å². The average Bonchev–Trinajstić information content (AvgIpc) is 2.93. The molecule has 0 aliphatic rings. The number of rotatable bonds is 5. The van der Waals surface area contributed by atoms with Crippen molar-refractivity contribution in [1.82, 2.24) is 10.3 Å². The fourth-order valence-electron chi connectivity index (χ4n) is 1.57. The van der Waals surface area contributed by atoms with Crippen molar-refractivity contribution in [3.63, 3.8) is 0 Å². The standard InChI is InChI=1S/C13H13Cl2N3O2/c1-8(11-3-2-4-20-11)16-7-12(19)18-13-10(15)5-9(14)6-17-13/h2-6,8,16H,7H2,1H3,(H,17,18,19)/t8-/m0/s1. The van der Waals surface area contributed by atoms with E-state index in [0.29, 0.717) is 10.0 Å². The monoisotopic (exact) mass is 313 g/mol. The maximum Gasteiger partial charge on any atom is 0.239 e. The number of anilines is 1. The van der Waals surface area contributed by atoms with Crippen LogP contribution < -0.4 is 10.6 Å². The molecule has 0 aromatic carbocycles. The number of nitrogens with one attached hydrogen (secondary N) is 2. The van der Waals surface area contributed by atoms with Gasteiger partial charge in [0.25, 0.3) is 0 Å². The molecule has 0 saturated heterocycles. The summed E-state index contributed by atoms with van der Waals surface area (Å²) in [5, 5.41) is 6.35. The van der Waals surface area contributed by atoms with Crippen molar-refractivity contribution >= 4 is 34.9 Å². The van der Waals surface area contributed by atoms with Crippen molar-refractivity contribution in [2.75, 3.05) is 11.9 Å². The van der Waals surface area contributed by atoms with E-state index in [1.807, 2.05) is 13.0 Å². The molecule has 1 atom stereocenters. The number of aromatic nitrogens is 1. The molecule has 0 unspecified atom stereocenters. The van der Waals surface area contributed by atoms with Gasteiger partial charge in [-0.2, -0.15) is 0 Å². The van der Waals surface area contributed by atoms with E-state index in [4.69, 9.17) is 27.6 Å². The normalized spacial score (nSPS) is 12.2. The number of amides is 1. The third kappa shape index (κ3) is 3.96. The van der Waals surface area contributed by atoms with Gasteiger partial charge in [0, 0.05) is 6.20 Å². The van der Waals surface area contributed by atoms with Crippen molar-refractivity contribution in [1.29, 1.82) is 0 Å². The summed E-state index contributed by atoms with van der Waals surface area (Å²) in [6.07, 6.45) is 3.01. The Balaban J connectivity index is 1.86. The molecule has 106 valence electrons. The third-order valence-corrected chi connectivity index (χ3v) is 3.10. The molecule has 0 bridgehead atoms. The van der Waals surface area contributed by atoms with Gasteiger partial charge in [-0.15, -0.1) is 0 Å². The molecule has 2 rings (SSSR count). The SMILES string of the molecule is C[C@H](NCC(=O)Nc1ncc(Cl)cc1Cl)c1ccco1. The molecule has 0 aliphatic carbocycles. The number of carbonyl (C=O) groups excluding carboxylic acids is 1. The summed E-state index contributed by atoms with van der Waals surface area (Å²) in [6.45, 7) is 2.02. The lowest BCUT2D eigenvalue weighted by atomic mass is 10.2. The summed E-state index contributed by atoms with van der Waals surface area (Å²) >= 11 is 11.7. The van der Waals surface area contributed by atoms with Crippen molar-refractivity contribution in [3.05, 3.63) is 46.5 Å². The molecular weight excluding hydrogens is 301 g/mol. The molecule has 0 aliphatic heterocycles. The molecule has 5 nitrogen and oxygen atoms in total. The van der Waals surface area contributed by atoms with Crippen molar-refractivity contribution in [3.8, 4) is 0 Å². The molecule has 2 aromatic heterocycles. The highest BCUT2D eigenvalue weighted by atomic mass is 35.5. The van der Waals surface area contributed by atoms with Crippen LogP contribution in [0.1, 0.15) is 18.7 Å². The second-order valence-electron chi connectivity index (χ2n) is 4.15. The minimum atomic E-state index is -0.250. The van der Waals surface area contributed by atoms with E-state index in [9.17, 15) is 4.79 Å². The summed E-state index contributed by atoms with van der Waals surface area (Å²) in [6, 6.07) is 5.09. The number of nitrogens with zero attached hydrogens (tertiary/aromatic N) is 1. The Hall–Kier alpha value is -1.56. The van der Waals surface area contributed by atoms with Crippen LogP contribution in [0, 0.1) is 0 Å². The van der Waals surface area contributed by atoms with E-state index in [2.05, 4.69) is 15.6 Å². The minimum absolute atomic E-state index is 0.0654. The zero-order valence-corrected chi connectivity index (χ0v) is 12.2. The van der Waals surface area contributed by atoms with Gasteiger partial charge in [0.15, 0.2) is 5.82 Å². The molecule has 7 heteroatoms. The molecule has 2 heterocycles. The lowest BCUT2D eigenvalue weighted by Gasteiger charge is -2.11. The van der Waals surface area contributed by atoms with Crippen molar-refractivity contribution < 1.29 is 9.21 Å². The number of halogens is 2. The summed E-state index contributed by atoms with van der Waals surface area (Å²) in [5.41, 5.74) is 0. The molecule has 0 fully saturated rings. The van der Waals surface area contributed by atoms with Gasteiger partial charge >= 0.3 is 0 Å². The van der Waals surface area contributed by atoms with Crippen LogP contribution in [0.3, 0.4) is 0 Å². The Kier molecular flexibility index (Phi) is 5.00. The van der Waals surface area contributed by atoms with E-state index < -0.39 is 0 Å². The Bertz CT molecular complexity index is 587. The Morgan fingerprint density at radius 2 is 2.30 bits per heavy atom. The first-order valence-corrected chi connectivity index (χ1v) is 6.69. The van der Waals surface area contributed by atoms with E-state index in [-0.39, 0.29) is 24.3 Å². The fraction of sp³-hybridized carbons (Fsp3) is 0.231. The van der Waals surface area contributed by atoms with Crippen molar-refractivity contribution in [2.24, 2.45) is 0 Å². The maximum atomic E-state index is 11.8. The van der Waals surface area contributed by atoms with Gasteiger partial charge in [-0.1, -0.05) is 23.2 Å². The van der Waals surface area contributed by atoms with Crippen LogP contribution >= 0.6 is 23.2 Å². The first-order valence-electron chi connectivity index (χ1n) is 5.94. The highest BCUT2D eigenvalue weighted by Gasteiger charge is 2.11. The predicted molar refractivity (Wildman–Crippen MR) is 78.0 cm³/mol. The smallest absolute Gasteiger partial charge is 0.239 e. The maximum absolute atomic E-state index is 11.8. The largest absolute Gasteiger partial charge is 0.468 e. The van der Waals surface area contributed by atoms with Crippen LogP contribution in [-0.4, -0.2) is 17.4 Å². The predicted octanol–water partition coefficient (Wildman–Crippen LogP) is 3.27. The van der Waals surface area contributed by atoms with Gasteiger partial charge < -0.3 is 9.73 Å². The van der Waals surface area contributed by atoms with Gasteiger partial charge in [0.05, 0.1) is 28.9 Å². The summed E-state index contributed by atoms with van der Waals surface area (Å²) in [4.78, 5) is 15.7. The van der Waals surface area contributed by atoms with Crippen molar-refractivity contribution in [2.45, 2.75) is 13.0 Å². The van der Waals surface area contributed by atoms with Gasteiger partial charge in [0.2, 0.25) is 5.91 Å². The second-order valence-corrected chi connectivity index (χ2v) is 4.99.